The maximum Gasteiger partial charge on any atom is 0.296 e. The zero-order valence-electron chi connectivity index (χ0n) is 32.8. The molecule has 7 rings (SSSR count). The van der Waals surface area contributed by atoms with E-state index in [2.05, 4.69) is 30.8 Å². The number of nitrogens with zero attached hydrogens (tertiary/aromatic N) is 5. The molecule has 7 aromatic rings. The zero-order chi connectivity index (χ0) is 47.2. The summed E-state index contributed by atoms with van der Waals surface area (Å²) >= 11 is 0. The van der Waals surface area contributed by atoms with Gasteiger partial charge in [-0.15, -0.1) is 20.5 Å². The Morgan fingerprint density at radius 3 is 1.60 bits per heavy atom. The Kier molecular flexibility index (Phi) is 11.8. The molecule has 0 bridgehead atoms. The number of hydrogen-bond acceptors (Lipinski definition) is 16. The molecular weight excluding hydrogens is 913 g/mol. The van der Waals surface area contributed by atoms with Crippen molar-refractivity contribution in [3.8, 4) is 34.1 Å². The molecule has 0 radical (unpaired) electrons. The molecule has 0 aromatic heterocycles. The molecule has 0 aliphatic heterocycles. The number of carbonyl (C=O) groups excluding carboxylic acids is 1. The molecule has 0 fully saturated rings. The molecule has 65 heavy (non-hydrogen) atoms. The minimum Gasteiger partial charge on any atom is -0.506 e. The minimum absolute atomic E-state index is 0.0770. The highest BCUT2D eigenvalue weighted by molar-refractivity contribution is 7.86. The fourth-order valence-electron chi connectivity index (χ4n) is 6.44. The highest BCUT2D eigenvalue weighted by atomic mass is 32.2. The summed E-state index contributed by atoms with van der Waals surface area (Å²) in [5.41, 5.74) is -1.43. The average molecular weight is 943 g/mol. The van der Waals surface area contributed by atoms with Crippen LogP contribution in [0.2, 0.25) is 0 Å². The van der Waals surface area contributed by atoms with Crippen LogP contribution in [0.25, 0.3) is 32.7 Å². The Labute approximate surface area is 366 Å². The molecule has 9 N–H and O–H groups in total. The summed E-state index contributed by atoms with van der Waals surface area (Å²) in [5, 5.41) is 71.2. The van der Waals surface area contributed by atoms with Crippen molar-refractivity contribution < 1.29 is 69.2 Å². The van der Waals surface area contributed by atoms with Gasteiger partial charge < -0.3 is 30.8 Å². The van der Waals surface area contributed by atoms with Gasteiger partial charge in [0.05, 0.1) is 16.0 Å². The van der Waals surface area contributed by atoms with E-state index in [1.807, 2.05) is 0 Å². The lowest BCUT2D eigenvalue weighted by molar-refractivity contribution is 0.102. The van der Waals surface area contributed by atoms with Gasteiger partial charge in [0.1, 0.15) is 44.0 Å². The van der Waals surface area contributed by atoms with E-state index >= 15 is 0 Å². The molecule has 0 unspecified atom stereocenters. The van der Waals surface area contributed by atoms with Gasteiger partial charge in [0.25, 0.3) is 36.3 Å². The molecule has 1 amide bonds. The van der Waals surface area contributed by atoms with Gasteiger partial charge in [0, 0.05) is 23.6 Å². The number of benzene rings is 7. The number of azo groups is 2. The number of aliphatic hydroxyl groups is 1. The normalized spacial score (nSPS) is 12.7. The fourth-order valence-corrected chi connectivity index (χ4v) is 8.29. The van der Waals surface area contributed by atoms with E-state index in [4.69, 9.17) is 0 Å². The van der Waals surface area contributed by atoms with Crippen molar-refractivity contribution in [1.29, 1.82) is 0 Å². The van der Waals surface area contributed by atoms with E-state index in [1.54, 1.807) is 30.3 Å². The SMILES string of the molecule is CC(O)=Nc1cc(S(=O)(=O)O)cc2cc(S(=O)(=O)O)c(N=Nc3ccc(-c4ccc(N=Nc5c(S(=O)(=O)O)cc6cc(NC(=O)c7ccccc7)ccc6c5O)c(O)c4)cc3O)c(O)c12. The molecular formula is C41H30N6O15S3. The largest absolute Gasteiger partial charge is 0.506 e. The predicted octanol–water partition coefficient (Wildman–Crippen LogP) is 8.91. The third kappa shape index (κ3) is 9.56. The van der Waals surface area contributed by atoms with Crippen molar-refractivity contribution in [1.82, 2.24) is 0 Å². The average Bonchev–Trinajstić information content (AvgIpc) is 3.22. The molecule has 332 valence electrons. The third-order valence-electron chi connectivity index (χ3n) is 9.38. The number of carbonyl (C=O) groups is 1. The number of aromatic hydroxyl groups is 4. The van der Waals surface area contributed by atoms with Gasteiger partial charge in [0.2, 0.25) is 0 Å². The van der Waals surface area contributed by atoms with Crippen LogP contribution in [0.3, 0.4) is 0 Å². The first-order valence-electron chi connectivity index (χ1n) is 18.2. The third-order valence-corrected chi connectivity index (χ3v) is 11.9. The summed E-state index contributed by atoms with van der Waals surface area (Å²) < 4.78 is 103. The first-order valence-corrected chi connectivity index (χ1v) is 22.5. The number of rotatable bonds is 11. The number of phenolic OH excluding ortho intramolecular Hbond substituents is 4. The molecule has 0 saturated heterocycles. The van der Waals surface area contributed by atoms with Gasteiger partial charge in [-0.25, -0.2) is 4.99 Å². The molecule has 24 heteroatoms. The maximum atomic E-state index is 12.7. The lowest BCUT2D eigenvalue weighted by Crippen LogP contribution is -2.11. The first kappa shape index (κ1) is 45.2. The van der Waals surface area contributed by atoms with Gasteiger partial charge in [-0.1, -0.05) is 30.3 Å². The highest BCUT2D eigenvalue weighted by Crippen LogP contribution is 2.47. The number of nitrogens with one attached hydrogen (secondary N) is 1. The number of phenols is 4. The van der Waals surface area contributed by atoms with Gasteiger partial charge >= 0.3 is 0 Å². The summed E-state index contributed by atoms with van der Waals surface area (Å²) in [6.07, 6.45) is 0. The Hall–Kier alpha value is -7.87. The van der Waals surface area contributed by atoms with Crippen LogP contribution in [-0.2, 0) is 30.4 Å². The smallest absolute Gasteiger partial charge is 0.296 e. The van der Waals surface area contributed by atoms with Crippen LogP contribution in [0, 0.1) is 0 Å². The number of aliphatic imine (C=N–C) groups is 1. The molecule has 7 aromatic carbocycles. The minimum atomic E-state index is -5.22. The van der Waals surface area contributed by atoms with E-state index < -0.39 is 96.9 Å². The van der Waals surface area contributed by atoms with Crippen molar-refractivity contribution in [3.05, 3.63) is 115 Å². The number of hydrogen-bond donors (Lipinski definition) is 9. The molecule has 0 atom stereocenters. The van der Waals surface area contributed by atoms with Crippen LogP contribution in [0.5, 0.6) is 23.0 Å². The summed E-state index contributed by atoms with van der Waals surface area (Å²) in [7, 11) is -15.2. The van der Waals surface area contributed by atoms with E-state index in [1.165, 1.54) is 48.5 Å². The number of amides is 1. The van der Waals surface area contributed by atoms with Crippen LogP contribution < -0.4 is 5.32 Å². The maximum absolute atomic E-state index is 12.7. The van der Waals surface area contributed by atoms with Gasteiger partial charge in [-0.2, -0.15) is 25.3 Å². The Bertz CT molecular complexity index is 3580. The summed E-state index contributed by atoms with van der Waals surface area (Å²) in [6.45, 7) is 1.10. The quantitative estimate of drug-likeness (QED) is 0.0253. The van der Waals surface area contributed by atoms with Crippen LogP contribution in [0.4, 0.5) is 34.1 Å². The second kappa shape index (κ2) is 17.0. The first-order chi connectivity index (χ1) is 30.5. The summed E-state index contributed by atoms with van der Waals surface area (Å²) in [4.78, 5) is 13.7. The van der Waals surface area contributed by atoms with Gasteiger partial charge in [-0.3, -0.25) is 18.5 Å². The zero-order valence-corrected chi connectivity index (χ0v) is 35.2. The molecule has 0 heterocycles. The van der Waals surface area contributed by atoms with Crippen molar-refractivity contribution in [2.24, 2.45) is 25.4 Å². The molecule has 0 spiro atoms. The van der Waals surface area contributed by atoms with Crippen molar-refractivity contribution >= 4 is 97.8 Å². The Morgan fingerprint density at radius 2 is 1.09 bits per heavy atom. The monoisotopic (exact) mass is 942 g/mol. The number of anilines is 1. The predicted molar refractivity (Wildman–Crippen MR) is 234 cm³/mol. The second-order valence-electron chi connectivity index (χ2n) is 13.8. The number of aliphatic hydroxyl groups excluding tert-OH is 1. The lowest BCUT2D eigenvalue weighted by atomic mass is 10.0. The lowest BCUT2D eigenvalue weighted by Gasteiger charge is -2.12. The Balaban J connectivity index is 1.18. The van der Waals surface area contributed by atoms with E-state index in [0.29, 0.717) is 11.6 Å². The van der Waals surface area contributed by atoms with E-state index in [0.717, 1.165) is 31.2 Å². The number of fused-ring (bicyclic) bond motifs is 2. The van der Waals surface area contributed by atoms with Gasteiger partial charge in [-0.05, 0) is 101 Å². The van der Waals surface area contributed by atoms with Crippen LogP contribution in [-0.4, -0.2) is 76.2 Å². The van der Waals surface area contributed by atoms with Gasteiger partial charge in [0.15, 0.2) is 17.4 Å². The Morgan fingerprint density at radius 1 is 0.554 bits per heavy atom. The van der Waals surface area contributed by atoms with E-state index in [9.17, 15) is 69.2 Å². The topological polar surface area (TPSA) is 355 Å². The molecule has 21 nitrogen and oxygen atoms in total. The molecule has 0 aliphatic carbocycles. The van der Waals surface area contributed by atoms with Crippen molar-refractivity contribution in [2.45, 2.75) is 21.6 Å². The van der Waals surface area contributed by atoms with Crippen molar-refractivity contribution in [3.63, 3.8) is 0 Å². The standard InChI is InChI=1S/C41H30N6O15S3/c1-20(48)42-31-19-27(63(54,55)56)14-25-18-35(65(60,61)62)38(40(52)36(25)31)47-45-30-12-8-23(16-33(30)50)22-7-11-29(32(49)15-22)44-46-37-34(64(57,58)59)17-24-13-26(9-10-28(24)39(37)51)43-41(53)21-5-3-2-4-6-21/h2-19,49-52H,1H3,(H,42,48)(H,43,53)(H,54,55,56)(H,57,58,59)(H,60,61,62). The second-order valence-corrected chi connectivity index (χ2v) is 18.0. The van der Waals surface area contributed by atoms with Crippen molar-refractivity contribution in [2.75, 3.05) is 5.32 Å². The van der Waals surface area contributed by atoms with E-state index in [-0.39, 0.29) is 49.7 Å². The summed E-state index contributed by atoms with van der Waals surface area (Å²) in [5.74, 6) is -3.87. The summed E-state index contributed by atoms with van der Waals surface area (Å²) in [6, 6.07) is 23.3. The van der Waals surface area contributed by atoms with Crippen LogP contribution >= 0.6 is 0 Å². The van der Waals surface area contributed by atoms with Crippen LogP contribution in [0.1, 0.15) is 17.3 Å². The fraction of sp³-hybridized carbons (Fsp3) is 0.0244. The molecule has 0 aliphatic rings. The van der Waals surface area contributed by atoms with Crippen LogP contribution in [0.15, 0.2) is 149 Å². The highest BCUT2D eigenvalue weighted by Gasteiger charge is 2.26. The molecule has 0 saturated carbocycles.